The molecule has 3 N–H and O–H groups in total. The van der Waals surface area contributed by atoms with Gasteiger partial charge in [0.2, 0.25) is 5.91 Å². The Kier molecular flexibility index (Phi) is 4.34. The minimum Gasteiger partial charge on any atom is -0.373 e. The van der Waals surface area contributed by atoms with E-state index in [0.717, 1.165) is 24.5 Å². The normalized spacial score (nSPS) is 16.2. The summed E-state index contributed by atoms with van der Waals surface area (Å²) >= 11 is 0. The van der Waals surface area contributed by atoms with Gasteiger partial charge in [-0.2, -0.15) is 0 Å². The van der Waals surface area contributed by atoms with Gasteiger partial charge in [-0.05, 0) is 40.5 Å². The summed E-state index contributed by atoms with van der Waals surface area (Å²) in [7, 11) is 1.83. The molecule has 1 heterocycles. The first kappa shape index (κ1) is 15.5. The topological polar surface area (TPSA) is 78.9 Å². The number of rotatable bonds is 5. The van der Waals surface area contributed by atoms with Gasteiger partial charge in [0.15, 0.2) is 0 Å². The van der Waals surface area contributed by atoms with Gasteiger partial charge in [-0.25, -0.2) is 9.97 Å². The predicted molar refractivity (Wildman–Crippen MR) is 84.5 cm³/mol. The lowest BCUT2D eigenvalue weighted by Gasteiger charge is -2.24. The summed E-state index contributed by atoms with van der Waals surface area (Å²) in [5.41, 5.74) is -0.242. The third-order valence-electron chi connectivity index (χ3n) is 3.20. The molecule has 2 rings (SSSR count). The third-order valence-corrected chi connectivity index (χ3v) is 3.20. The molecule has 0 spiro atoms. The highest BCUT2D eigenvalue weighted by Crippen LogP contribution is 2.38. The smallest absolute Gasteiger partial charge is 0.242 e. The van der Waals surface area contributed by atoms with Crippen molar-refractivity contribution in [3.8, 4) is 0 Å². The molecule has 0 bridgehead atoms. The monoisotopic (exact) mass is 291 g/mol. The average Bonchev–Trinajstić information content (AvgIpc) is 3.20. The van der Waals surface area contributed by atoms with E-state index in [1.54, 1.807) is 0 Å². The van der Waals surface area contributed by atoms with Gasteiger partial charge in [0.1, 0.15) is 23.5 Å². The summed E-state index contributed by atoms with van der Waals surface area (Å²) in [5.74, 6) is 2.75. The fraction of sp³-hybridized carbons (Fsp3) is 0.667. The maximum atomic E-state index is 12.1. The fourth-order valence-electron chi connectivity index (χ4n) is 1.96. The summed E-state index contributed by atoms with van der Waals surface area (Å²) in [4.78, 5) is 21.1. The molecule has 1 atom stereocenters. The van der Waals surface area contributed by atoms with Crippen molar-refractivity contribution >= 4 is 17.5 Å². The van der Waals surface area contributed by atoms with Crippen LogP contribution in [-0.2, 0) is 4.79 Å². The second-order valence-electron chi connectivity index (χ2n) is 6.63. The Morgan fingerprint density at radius 2 is 1.90 bits per heavy atom. The molecule has 0 radical (unpaired) electrons. The van der Waals surface area contributed by atoms with Crippen LogP contribution >= 0.6 is 0 Å². The van der Waals surface area contributed by atoms with Crippen LogP contribution in [0.2, 0.25) is 0 Å². The minimum absolute atomic E-state index is 0.0416. The molecule has 1 aliphatic rings. The zero-order valence-electron chi connectivity index (χ0n) is 13.4. The number of nitrogens with one attached hydrogen (secondary N) is 3. The van der Waals surface area contributed by atoms with Gasteiger partial charge in [0.05, 0.1) is 0 Å². The van der Waals surface area contributed by atoms with Crippen LogP contribution in [0.15, 0.2) is 6.07 Å². The fourth-order valence-corrected chi connectivity index (χ4v) is 1.96. The highest BCUT2D eigenvalue weighted by molar-refractivity contribution is 5.84. The number of hydrogen-bond acceptors (Lipinski definition) is 5. The molecular formula is C15H25N5O. The molecule has 6 heteroatoms. The molecule has 1 amide bonds. The van der Waals surface area contributed by atoms with E-state index in [1.165, 1.54) is 0 Å². The standard InChI is InChI=1S/C15H25N5O/c1-9(14(21)20-15(2,3)4)17-12-8-11(16-5)18-13(19-12)10-6-7-10/h8-10H,6-7H2,1-5H3,(H,20,21)(H2,16,17,18,19). The lowest BCUT2D eigenvalue weighted by atomic mass is 10.1. The van der Waals surface area contributed by atoms with E-state index in [4.69, 9.17) is 0 Å². The number of carbonyl (C=O) groups excluding carboxylic acids is 1. The molecule has 1 aromatic heterocycles. The number of amides is 1. The Hall–Kier alpha value is -1.85. The number of anilines is 2. The van der Waals surface area contributed by atoms with Crippen molar-refractivity contribution in [3.05, 3.63) is 11.9 Å². The van der Waals surface area contributed by atoms with E-state index in [9.17, 15) is 4.79 Å². The van der Waals surface area contributed by atoms with Crippen molar-refractivity contribution in [2.75, 3.05) is 17.7 Å². The van der Waals surface area contributed by atoms with Crippen LogP contribution in [0.5, 0.6) is 0 Å². The van der Waals surface area contributed by atoms with Gasteiger partial charge in [-0.1, -0.05) is 0 Å². The Morgan fingerprint density at radius 3 is 2.43 bits per heavy atom. The predicted octanol–water partition coefficient (Wildman–Crippen LogP) is 2.11. The lowest BCUT2D eigenvalue weighted by Crippen LogP contribution is -2.47. The van der Waals surface area contributed by atoms with Crippen molar-refractivity contribution in [2.24, 2.45) is 0 Å². The largest absolute Gasteiger partial charge is 0.373 e. The zero-order valence-corrected chi connectivity index (χ0v) is 13.4. The van der Waals surface area contributed by atoms with Gasteiger partial charge in [0.25, 0.3) is 0 Å². The van der Waals surface area contributed by atoms with Crippen LogP contribution in [0.25, 0.3) is 0 Å². The van der Waals surface area contributed by atoms with E-state index in [-0.39, 0.29) is 17.5 Å². The molecule has 21 heavy (non-hydrogen) atoms. The molecular weight excluding hydrogens is 266 g/mol. The maximum Gasteiger partial charge on any atom is 0.242 e. The Morgan fingerprint density at radius 1 is 1.29 bits per heavy atom. The second kappa shape index (κ2) is 5.87. The molecule has 0 aliphatic heterocycles. The van der Waals surface area contributed by atoms with Crippen LogP contribution in [0, 0.1) is 0 Å². The molecule has 0 saturated heterocycles. The molecule has 116 valence electrons. The number of aromatic nitrogens is 2. The minimum atomic E-state index is -0.351. The average molecular weight is 291 g/mol. The van der Waals surface area contributed by atoms with Crippen molar-refractivity contribution in [1.82, 2.24) is 15.3 Å². The summed E-state index contributed by atoms with van der Waals surface area (Å²) in [5, 5.41) is 9.16. The Bertz CT molecular complexity index is 519. The van der Waals surface area contributed by atoms with Gasteiger partial charge >= 0.3 is 0 Å². The molecule has 1 fully saturated rings. The van der Waals surface area contributed by atoms with Gasteiger partial charge in [0, 0.05) is 24.6 Å². The summed E-state index contributed by atoms with van der Waals surface area (Å²) in [6.45, 7) is 7.73. The molecule has 6 nitrogen and oxygen atoms in total. The molecule has 1 aromatic rings. The summed E-state index contributed by atoms with van der Waals surface area (Å²) in [6, 6.07) is 1.48. The molecule has 1 unspecified atom stereocenters. The lowest BCUT2D eigenvalue weighted by molar-refractivity contribution is -0.122. The molecule has 0 aromatic carbocycles. The first-order valence-corrected chi connectivity index (χ1v) is 7.44. The van der Waals surface area contributed by atoms with Crippen molar-refractivity contribution in [2.45, 2.75) is 58.0 Å². The van der Waals surface area contributed by atoms with Gasteiger partial charge < -0.3 is 16.0 Å². The number of hydrogen-bond donors (Lipinski definition) is 3. The van der Waals surface area contributed by atoms with Crippen LogP contribution in [0.1, 0.15) is 52.3 Å². The van der Waals surface area contributed by atoms with Crippen LogP contribution in [0.3, 0.4) is 0 Å². The first-order valence-electron chi connectivity index (χ1n) is 7.44. The second-order valence-corrected chi connectivity index (χ2v) is 6.63. The highest BCUT2D eigenvalue weighted by Gasteiger charge is 2.28. The highest BCUT2D eigenvalue weighted by atomic mass is 16.2. The van der Waals surface area contributed by atoms with Crippen molar-refractivity contribution < 1.29 is 4.79 Å². The Labute approximate surface area is 126 Å². The molecule has 1 aliphatic carbocycles. The number of carbonyl (C=O) groups is 1. The Balaban J connectivity index is 2.07. The van der Waals surface area contributed by atoms with E-state index in [0.29, 0.717) is 11.7 Å². The molecule has 1 saturated carbocycles. The van der Waals surface area contributed by atoms with E-state index in [1.807, 2.05) is 40.8 Å². The van der Waals surface area contributed by atoms with Gasteiger partial charge in [-0.3, -0.25) is 4.79 Å². The SMILES string of the molecule is CNc1cc(NC(C)C(=O)NC(C)(C)C)nc(C2CC2)n1. The van der Waals surface area contributed by atoms with E-state index >= 15 is 0 Å². The van der Waals surface area contributed by atoms with Crippen LogP contribution < -0.4 is 16.0 Å². The quantitative estimate of drug-likeness (QED) is 0.774. The van der Waals surface area contributed by atoms with Crippen LogP contribution in [-0.4, -0.2) is 34.5 Å². The summed E-state index contributed by atoms with van der Waals surface area (Å²) in [6.07, 6.45) is 2.29. The first-order chi connectivity index (χ1) is 9.78. The maximum absolute atomic E-state index is 12.1. The third kappa shape index (κ3) is 4.58. The van der Waals surface area contributed by atoms with Crippen LogP contribution in [0.4, 0.5) is 11.6 Å². The summed E-state index contributed by atoms with van der Waals surface area (Å²) < 4.78 is 0. The van der Waals surface area contributed by atoms with Crippen molar-refractivity contribution in [3.63, 3.8) is 0 Å². The van der Waals surface area contributed by atoms with Gasteiger partial charge in [-0.15, -0.1) is 0 Å². The van der Waals surface area contributed by atoms with E-state index in [2.05, 4.69) is 25.9 Å². The van der Waals surface area contributed by atoms with Crippen molar-refractivity contribution in [1.29, 1.82) is 0 Å². The van der Waals surface area contributed by atoms with E-state index < -0.39 is 0 Å². The number of nitrogens with zero attached hydrogens (tertiary/aromatic N) is 2. The zero-order chi connectivity index (χ0) is 15.6.